The molecule has 1 aromatic carbocycles. The van der Waals surface area contributed by atoms with E-state index < -0.39 is 11.2 Å². The fourth-order valence-corrected chi connectivity index (χ4v) is 2.10. The van der Waals surface area contributed by atoms with E-state index in [9.17, 15) is 9.90 Å². The lowest BCUT2D eigenvalue weighted by Crippen LogP contribution is -2.36. The van der Waals surface area contributed by atoms with Gasteiger partial charge < -0.3 is 9.52 Å². The molecule has 1 aliphatic rings. The minimum absolute atomic E-state index is 0.180. The van der Waals surface area contributed by atoms with Crippen molar-refractivity contribution < 1.29 is 9.52 Å². The third-order valence-corrected chi connectivity index (χ3v) is 3.25. The second kappa shape index (κ2) is 4.10. The Labute approximate surface area is 110 Å². The van der Waals surface area contributed by atoms with Crippen LogP contribution in [-0.2, 0) is 0 Å². The van der Waals surface area contributed by atoms with E-state index in [4.69, 9.17) is 4.42 Å². The predicted octanol–water partition coefficient (Wildman–Crippen LogP) is 1.19. The van der Waals surface area contributed by atoms with Gasteiger partial charge in [-0.2, -0.15) is 0 Å². The van der Waals surface area contributed by atoms with Crippen LogP contribution in [0.4, 0.5) is 0 Å². The van der Waals surface area contributed by atoms with Gasteiger partial charge in [0, 0.05) is 10.0 Å². The summed E-state index contributed by atoms with van der Waals surface area (Å²) in [6, 6.07) is 7.16. The third-order valence-electron chi connectivity index (χ3n) is 2.72. The molecule has 0 saturated carbocycles. The van der Waals surface area contributed by atoms with Crippen molar-refractivity contribution in [3.63, 3.8) is 0 Å². The zero-order valence-electron chi connectivity index (χ0n) is 9.18. The molecule has 0 bridgehead atoms. The molecule has 1 N–H and O–H groups in total. The minimum atomic E-state index is -0.483. The summed E-state index contributed by atoms with van der Waals surface area (Å²) >= 11 is 3.32. The van der Waals surface area contributed by atoms with Crippen LogP contribution < -0.4 is 16.2 Å². The minimum Gasteiger partial charge on any atom is -0.501 e. The van der Waals surface area contributed by atoms with Crippen molar-refractivity contribution in [1.82, 2.24) is 0 Å². The lowest BCUT2D eigenvalue weighted by Gasteiger charge is -2.02. The van der Waals surface area contributed by atoms with Crippen molar-refractivity contribution in [1.29, 1.82) is 0 Å². The Morgan fingerprint density at radius 1 is 1.28 bits per heavy atom. The van der Waals surface area contributed by atoms with Crippen molar-refractivity contribution >= 4 is 22.0 Å². The summed E-state index contributed by atoms with van der Waals surface area (Å²) in [5.74, 6) is -0.213. The van der Waals surface area contributed by atoms with Gasteiger partial charge in [-0.25, -0.2) is 0 Å². The first-order valence-electron chi connectivity index (χ1n) is 5.33. The molecule has 4 nitrogen and oxygen atoms in total. The molecule has 0 amide bonds. The Balaban J connectivity index is 2.33. The molecule has 2 aromatic rings. The van der Waals surface area contributed by atoms with E-state index in [2.05, 4.69) is 20.9 Å². The van der Waals surface area contributed by atoms with E-state index in [1.807, 2.05) is 12.1 Å². The lowest BCUT2D eigenvalue weighted by molar-refractivity contribution is 0.425. The van der Waals surface area contributed by atoms with Crippen molar-refractivity contribution in [2.45, 2.75) is 0 Å². The molecule has 0 radical (unpaired) electrons. The van der Waals surface area contributed by atoms with Gasteiger partial charge in [0.1, 0.15) is 0 Å². The van der Waals surface area contributed by atoms with Crippen molar-refractivity contribution in [2.75, 3.05) is 6.54 Å². The van der Waals surface area contributed by atoms with Crippen LogP contribution in [0.3, 0.4) is 0 Å². The van der Waals surface area contributed by atoms with Crippen molar-refractivity contribution in [3.8, 4) is 17.1 Å². The van der Waals surface area contributed by atoms with Crippen LogP contribution >= 0.6 is 15.9 Å². The number of aromatic hydroxyl groups is 1. The Morgan fingerprint density at radius 2 is 2.00 bits per heavy atom. The smallest absolute Gasteiger partial charge is 0.252 e. The summed E-state index contributed by atoms with van der Waals surface area (Å²) in [7, 11) is 0. The molecular formula is C13H8BrNO3. The molecule has 2 heterocycles. The maximum atomic E-state index is 11.9. The highest BCUT2D eigenvalue weighted by Crippen LogP contribution is 2.25. The summed E-state index contributed by atoms with van der Waals surface area (Å²) in [4.78, 5) is 15.9. The SMILES string of the molecule is O=c1c(O)c(-c2ccc(Br)cc2)oc2c1=NCC=2. The maximum absolute atomic E-state index is 11.9. The van der Waals surface area contributed by atoms with Gasteiger partial charge in [0.05, 0.1) is 6.54 Å². The van der Waals surface area contributed by atoms with Gasteiger partial charge >= 0.3 is 0 Å². The topological polar surface area (TPSA) is 62.8 Å². The Kier molecular flexibility index (Phi) is 2.56. The molecular weight excluding hydrogens is 298 g/mol. The number of fused-ring (bicyclic) bond motifs is 1. The predicted molar refractivity (Wildman–Crippen MR) is 69.9 cm³/mol. The van der Waals surface area contributed by atoms with Crippen LogP contribution in [-0.4, -0.2) is 11.7 Å². The fourth-order valence-electron chi connectivity index (χ4n) is 1.84. The zero-order valence-corrected chi connectivity index (χ0v) is 10.8. The van der Waals surface area contributed by atoms with E-state index in [1.165, 1.54) is 0 Å². The second-order valence-corrected chi connectivity index (χ2v) is 4.79. The summed E-state index contributed by atoms with van der Waals surface area (Å²) in [6.45, 7) is 0.414. The Morgan fingerprint density at radius 3 is 2.72 bits per heavy atom. The highest BCUT2D eigenvalue weighted by molar-refractivity contribution is 9.10. The van der Waals surface area contributed by atoms with Crippen molar-refractivity contribution in [3.05, 3.63) is 49.7 Å². The van der Waals surface area contributed by atoms with Gasteiger partial charge in [0.25, 0.3) is 5.43 Å². The number of rotatable bonds is 1. The van der Waals surface area contributed by atoms with Gasteiger partial charge in [-0.1, -0.05) is 15.9 Å². The summed E-state index contributed by atoms with van der Waals surface area (Å²) in [5.41, 5.74) is 0.592. The average molecular weight is 306 g/mol. The molecule has 0 fully saturated rings. The van der Waals surface area contributed by atoms with Crippen LogP contribution in [0.5, 0.6) is 5.75 Å². The first-order valence-corrected chi connectivity index (χ1v) is 6.13. The molecule has 18 heavy (non-hydrogen) atoms. The van der Waals surface area contributed by atoms with E-state index in [-0.39, 0.29) is 11.1 Å². The van der Waals surface area contributed by atoms with Crippen LogP contribution in [0.25, 0.3) is 17.4 Å². The number of hydrogen-bond donors (Lipinski definition) is 1. The standard InChI is InChI=1S/C13H8BrNO3/c14-8-3-1-7(2-4-8)13-12(17)11(16)10-9(18-13)5-6-15-10/h1-5,17H,6H2. The molecule has 90 valence electrons. The molecule has 0 saturated heterocycles. The van der Waals surface area contributed by atoms with Crippen LogP contribution in [0, 0.1) is 0 Å². The monoisotopic (exact) mass is 305 g/mol. The maximum Gasteiger partial charge on any atom is 0.252 e. The van der Waals surface area contributed by atoms with Gasteiger partial charge in [0.2, 0.25) is 5.75 Å². The molecule has 1 aliphatic heterocycles. The number of benzene rings is 1. The van der Waals surface area contributed by atoms with Gasteiger partial charge in [-0.3, -0.25) is 9.79 Å². The van der Waals surface area contributed by atoms with Crippen molar-refractivity contribution in [2.24, 2.45) is 4.99 Å². The molecule has 0 unspecified atom stereocenters. The van der Waals surface area contributed by atoms with Crippen LogP contribution in [0.15, 0.2) is 42.9 Å². The fraction of sp³-hybridized carbons (Fsp3) is 0.0769. The molecule has 3 rings (SSSR count). The number of halogens is 1. The summed E-state index contributed by atoms with van der Waals surface area (Å²) in [5, 5.41) is 10.1. The largest absolute Gasteiger partial charge is 0.501 e. The Bertz CT molecular complexity index is 791. The molecule has 0 spiro atoms. The third kappa shape index (κ3) is 1.67. The van der Waals surface area contributed by atoms with Crippen LogP contribution in [0.2, 0.25) is 0 Å². The highest BCUT2D eigenvalue weighted by atomic mass is 79.9. The van der Waals surface area contributed by atoms with Gasteiger partial charge in [0.15, 0.2) is 16.5 Å². The summed E-state index contributed by atoms with van der Waals surface area (Å²) < 4.78 is 6.46. The average Bonchev–Trinajstić information content (AvgIpc) is 2.83. The first-order chi connectivity index (χ1) is 8.66. The van der Waals surface area contributed by atoms with Gasteiger partial charge in [-0.15, -0.1) is 0 Å². The van der Waals surface area contributed by atoms with E-state index in [1.54, 1.807) is 18.2 Å². The quantitative estimate of drug-likeness (QED) is 0.861. The number of hydrogen-bond acceptors (Lipinski definition) is 4. The number of nitrogens with zero attached hydrogens (tertiary/aromatic N) is 1. The molecule has 0 atom stereocenters. The van der Waals surface area contributed by atoms with E-state index >= 15 is 0 Å². The highest BCUT2D eigenvalue weighted by Gasteiger charge is 2.15. The molecule has 5 heteroatoms. The summed E-state index contributed by atoms with van der Waals surface area (Å²) in [6.07, 6.45) is 1.72. The second-order valence-electron chi connectivity index (χ2n) is 3.87. The van der Waals surface area contributed by atoms with Crippen LogP contribution in [0.1, 0.15) is 0 Å². The van der Waals surface area contributed by atoms with E-state index in [0.29, 0.717) is 17.5 Å². The Hall–Kier alpha value is -1.88. The zero-order chi connectivity index (χ0) is 12.7. The molecule has 0 aliphatic carbocycles. The lowest BCUT2D eigenvalue weighted by atomic mass is 10.1. The molecule has 1 aromatic heterocycles. The van der Waals surface area contributed by atoms with Gasteiger partial charge in [-0.05, 0) is 30.3 Å². The van der Waals surface area contributed by atoms with E-state index in [0.717, 1.165) is 4.47 Å². The first kappa shape index (κ1) is 11.2. The normalized spacial score (nSPS) is 12.7.